The Kier molecular flexibility index (Phi) is 5.13. The van der Waals surface area contributed by atoms with E-state index in [1.54, 1.807) is 18.2 Å². The van der Waals surface area contributed by atoms with Gasteiger partial charge in [-0.1, -0.05) is 12.1 Å². The Bertz CT molecular complexity index is 832. The zero-order valence-corrected chi connectivity index (χ0v) is 16.2. The fraction of sp³-hybridized carbons (Fsp3) is 0.471. The van der Waals surface area contributed by atoms with Crippen LogP contribution in [0, 0.1) is 6.92 Å². The van der Waals surface area contributed by atoms with Crippen LogP contribution in [0.1, 0.15) is 37.1 Å². The lowest BCUT2D eigenvalue weighted by Crippen LogP contribution is -2.31. The van der Waals surface area contributed by atoms with Crippen LogP contribution in [0.5, 0.6) is 0 Å². The van der Waals surface area contributed by atoms with Crippen molar-refractivity contribution >= 4 is 25.8 Å². The number of benzene rings is 1. The molecule has 1 aliphatic rings. The minimum absolute atomic E-state index is 0.248. The molecule has 2 heterocycles. The summed E-state index contributed by atoms with van der Waals surface area (Å²) in [4.78, 5) is 0.401. The smallest absolute Gasteiger partial charge is 0.181 e. The summed E-state index contributed by atoms with van der Waals surface area (Å²) in [6.07, 6.45) is 0.727. The number of halogens is 1. The van der Waals surface area contributed by atoms with Gasteiger partial charge in [0, 0.05) is 13.2 Å². The monoisotopic (exact) mass is 412 g/mol. The summed E-state index contributed by atoms with van der Waals surface area (Å²) >= 11 is 3.38. The second-order valence-corrected chi connectivity index (χ2v) is 9.12. The molecule has 2 aromatic rings. The molecule has 0 spiro atoms. The Labute approximate surface area is 151 Å². The molecule has 0 saturated carbocycles. The van der Waals surface area contributed by atoms with Gasteiger partial charge >= 0.3 is 0 Å². The molecule has 2 unspecified atom stereocenters. The largest absolute Gasteiger partial charge is 0.372 e. The van der Waals surface area contributed by atoms with E-state index in [1.165, 1.54) is 0 Å². The Morgan fingerprint density at radius 1 is 1.38 bits per heavy atom. The van der Waals surface area contributed by atoms with Crippen molar-refractivity contribution in [3.63, 3.8) is 0 Å². The van der Waals surface area contributed by atoms with Gasteiger partial charge in [0.15, 0.2) is 9.84 Å². The minimum Gasteiger partial charge on any atom is -0.372 e. The number of hydrogen-bond donors (Lipinski definition) is 0. The van der Waals surface area contributed by atoms with Gasteiger partial charge in [-0.2, -0.15) is 5.10 Å². The summed E-state index contributed by atoms with van der Waals surface area (Å²) < 4.78 is 34.4. The van der Waals surface area contributed by atoms with Crippen molar-refractivity contribution < 1.29 is 13.2 Å². The number of aromatic nitrogens is 2. The fourth-order valence-corrected chi connectivity index (χ4v) is 5.41. The number of ether oxygens (including phenoxy) is 1. The highest BCUT2D eigenvalue weighted by Crippen LogP contribution is 2.34. The molecule has 7 heteroatoms. The van der Waals surface area contributed by atoms with E-state index in [0.717, 1.165) is 22.4 Å². The molecule has 1 saturated heterocycles. The summed E-state index contributed by atoms with van der Waals surface area (Å²) in [6, 6.07) is 9.04. The molecule has 2 atom stereocenters. The highest BCUT2D eigenvalue weighted by Gasteiger charge is 2.35. The second kappa shape index (κ2) is 6.98. The van der Waals surface area contributed by atoms with Crippen LogP contribution in [0.2, 0.25) is 0 Å². The third-order valence-electron chi connectivity index (χ3n) is 4.40. The Morgan fingerprint density at radius 3 is 2.88 bits per heavy atom. The summed E-state index contributed by atoms with van der Waals surface area (Å²) in [5.41, 5.74) is 1.88. The van der Waals surface area contributed by atoms with Crippen molar-refractivity contribution in [1.82, 2.24) is 9.78 Å². The third-order valence-corrected chi connectivity index (χ3v) is 7.01. The molecule has 0 bridgehead atoms. The molecule has 0 radical (unpaired) electrons. The second-order valence-electron chi connectivity index (χ2n) is 6.08. The zero-order chi connectivity index (χ0) is 17.3. The first-order valence-corrected chi connectivity index (χ1v) is 10.4. The summed E-state index contributed by atoms with van der Waals surface area (Å²) in [5.74, 6) is 0. The molecule has 1 aromatic heterocycles. The van der Waals surface area contributed by atoms with Gasteiger partial charge in [0.25, 0.3) is 0 Å². The molecule has 24 heavy (non-hydrogen) atoms. The van der Waals surface area contributed by atoms with Crippen molar-refractivity contribution in [2.75, 3.05) is 6.61 Å². The number of rotatable bonds is 4. The van der Waals surface area contributed by atoms with Crippen LogP contribution in [0.25, 0.3) is 0 Å². The van der Waals surface area contributed by atoms with Crippen molar-refractivity contribution in [3.8, 4) is 0 Å². The molecule has 1 aromatic carbocycles. The van der Waals surface area contributed by atoms with E-state index in [2.05, 4.69) is 21.0 Å². The number of nitrogens with zero attached hydrogens (tertiary/aromatic N) is 2. The van der Waals surface area contributed by atoms with Crippen LogP contribution < -0.4 is 0 Å². The van der Waals surface area contributed by atoms with Gasteiger partial charge in [0.2, 0.25) is 0 Å². The minimum atomic E-state index is -3.36. The maximum Gasteiger partial charge on any atom is 0.181 e. The number of aryl methyl sites for hydroxylation is 2. The highest BCUT2D eigenvalue weighted by molar-refractivity contribution is 9.10. The van der Waals surface area contributed by atoms with Gasteiger partial charge in [-0.3, -0.25) is 4.68 Å². The van der Waals surface area contributed by atoms with Gasteiger partial charge in [-0.25, -0.2) is 8.42 Å². The summed E-state index contributed by atoms with van der Waals surface area (Å²) in [7, 11) is -3.36. The maximum atomic E-state index is 13.0. The molecule has 1 aliphatic heterocycles. The summed E-state index contributed by atoms with van der Waals surface area (Å²) in [5, 5.41) is 3.93. The Hall–Kier alpha value is -1.18. The SMILES string of the molecule is CCn1nc(Br)cc1C1CC(S(=O)(=O)c2cccc(C)c2)CCO1. The van der Waals surface area contributed by atoms with Crippen molar-refractivity contribution in [1.29, 1.82) is 0 Å². The van der Waals surface area contributed by atoms with E-state index in [0.29, 0.717) is 24.3 Å². The van der Waals surface area contributed by atoms with Gasteiger partial charge in [0.1, 0.15) is 10.7 Å². The molecule has 130 valence electrons. The van der Waals surface area contributed by atoms with Crippen LogP contribution in [0.4, 0.5) is 0 Å². The highest BCUT2D eigenvalue weighted by atomic mass is 79.9. The first-order valence-electron chi connectivity index (χ1n) is 8.07. The van der Waals surface area contributed by atoms with Gasteiger partial charge in [0.05, 0.1) is 15.8 Å². The van der Waals surface area contributed by atoms with Crippen molar-refractivity contribution in [3.05, 3.63) is 46.2 Å². The van der Waals surface area contributed by atoms with E-state index in [-0.39, 0.29) is 6.10 Å². The predicted molar refractivity (Wildman–Crippen MR) is 95.7 cm³/mol. The average Bonchev–Trinajstić information content (AvgIpc) is 2.96. The van der Waals surface area contributed by atoms with E-state index in [9.17, 15) is 8.42 Å². The first-order chi connectivity index (χ1) is 11.4. The van der Waals surface area contributed by atoms with Crippen LogP contribution in [-0.4, -0.2) is 30.1 Å². The van der Waals surface area contributed by atoms with Crippen LogP contribution in [-0.2, 0) is 21.1 Å². The van der Waals surface area contributed by atoms with Gasteiger partial charge in [-0.15, -0.1) is 0 Å². The lowest BCUT2D eigenvalue weighted by Gasteiger charge is -2.29. The maximum absolute atomic E-state index is 13.0. The Balaban J connectivity index is 1.87. The molecule has 5 nitrogen and oxygen atoms in total. The fourth-order valence-electron chi connectivity index (χ4n) is 3.15. The van der Waals surface area contributed by atoms with Crippen molar-refractivity contribution in [2.45, 2.75) is 49.5 Å². The zero-order valence-electron chi connectivity index (χ0n) is 13.8. The predicted octanol–water partition coefficient (Wildman–Crippen LogP) is 3.67. The van der Waals surface area contributed by atoms with E-state index in [1.807, 2.05) is 30.7 Å². The summed E-state index contributed by atoms with van der Waals surface area (Å²) in [6.45, 7) is 5.07. The molecule has 0 amide bonds. The normalized spacial score (nSPS) is 21.8. The lowest BCUT2D eigenvalue weighted by atomic mass is 10.1. The first kappa shape index (κ1) is 17.6. The standard InChI is InChI=1S/C17H21BrN2O3S/c1-3-20-15(11-17(18)19-20)16-10-14(7-8-23-16)24(21,22)13-6-4-5-12(2)9-13/h4-6,9,11,14,16H,3,7-8,10H2,1-2H3. The number of hydrogen-bond acceptors (Lipinski definition) is 4. The number of sulfone groups is 1. The molecule has 1 fully saturated rings. The Morgan fingerprint density at radius 2 is 2.17 bits per heavy atom. The van der Waals surface area contributed by atoms with Crippen molar-refractivity contribution in [2.24, 2.45) is 0 Å². The molecule has 0 aliphatic carbocycles. The van der Waals surface area contributed by atoms with E-state index >= 15 is 0 Å². The molecular formula is C17H21BrN2O3S. The molecule has 3 rings (SSSR count). The van der Waals surface area contributed by atoms with Crippen LogP contribution in [0.3, 0.4) is 0 Å². The van der Waals surface area contributed by atoms with E-state index in [4.69, 9.17) is 4.74 Å². The van der Waals surface area contributed by atoms with Crippen LogP contribution in [0.15, 0.2) is 39.8 Å². The average molecular weight is 413 g/mol. The third kappa shape index (κ3) is 3.43. The quantitative estimate of drug-likeness (QED) is 0.768. The molecular weight excluding hydrogens is 392 g/mol. The van der Waals surface area contributed by atoms with Crippen LogP contribution >= 0.6 is 15.9 Å². The topological polar surface area (TPSA) is 61.2 Å². The van der Waals surface area contributed by atoms with Gasteiger partial charge < -0.3 is 4.74 Å². The van der Waals surface area contributed by atoms with Gasteiger partial charge in [-0.05, 0) is 66.4 Å². The molecule has 0 N–H and O–H groups in total. The lowest BCUT2D eigenvalue weighted by molar-refractivity contribution is 0.0112. The van der Waals surface area contributed by atoms with E-state index < -0.39 is 15.1 Å².